The zero-order valence-electron chi connectivity index (χ0n) is 13.4. The van der Waals surface area contributed by atoms with Crippen LogP contribution in [0.3, 0.4) is 0 Å². The molecular formula is C19H18N2O3. The maximum absolute atomic E-state index is 12.9. The Balaban J connectivity index is 2.10. The Hall–Kier alpha value is -2.95. The number of esters is 1. The molecule has 0 spiro atoms. The van der Waals surface area contributed by atoms with Crippen LogP contribution in [-0.2, 0) is 22.5 Å². The van der Waals surface area contributed by atoms with Gasteiger partial charge in [0.05, 0.1) is 24.1 Å². The van der Waals surface area contributed by atoms with E-state index in [4.69, 9.17) is 4.74 Å². The van der Waals surface area contributed by atoms with Crippen molar-refractivity contribution in [2.75, 3.05) is 6.61 Å². The second kappa shape index (κ2) is 7.08. The van der Waals surface area contributed by atoms with Crippen LogP contribution in [0, 0.1) is 0 Å². The maximum atomic E-state index is 12.9. The lowest BCUT2D eigenvalue weighted by Crippen LogP contribution is -2.27. The highest BCUT2D eigenvalue weighted by Gasteiger charge is 2.15. The number of para-hydroxylation sites is 1. The van der Waals surface area contributed by atoms with Gasteiger partial charge in [-0.1, -0.05) is 42.5 Å². The largest absolute Gasteiger partial charge is 0.466 e. The highest BCUT2D eigenvalue weighted by Crippen LogP contribution is 2.11. The van der Waals surface area contributed by atoms with Crippen molar-refractivity contribution >= 4 is 16.9 Å². The van der Waals surface area contributed by atoms with E-state index in [0.29, 0.717) is 29.9 Å². The lowest BCUT2D eigenvalue weighted by atomic mass is 10.2. The van der Waals surface area contributed by atoms with Crippen molar-refractivity contribution in [1.29, 1.82) is 0 Å². The van der Waals surface area contributed by atoms with E-state index in [1.54, 1.807) is 23.6 Å². The van der Waals surface area contributed by atoms with Gasteiger partial charge in [0.2, 0.25) is 0 Å². The minimum atomic E-state index is -0.388. The molecule has 3 rings (SSSR count). The normalized spacial score (nSPS) is 10.7. The summed E-state index contributed by atoms with van der Waals surface area (Å²) in [5.74, 6) is 0.0301. The molecule has 122 valence electrons. The van der Waals surface area contributed by atoms with Crippen LogP contribution in [0.15, 0.2) is 59.4 Å². The molecule has 0 unspecified atom stereocenters. The molecule has 0 aliphatic heterocycles. The first-order valence-electron chi connectivity index (χ1n) is 7.87. The molecule has 2 aromatic carbocycles. The Morgan fingerprint density at radius 1 is 1.08 bits per heavy atom. The number of benzene rings is 2. The molecule has 0 saturated heterocycles. The quantitative estimate of drug-likeness (QED) is 0.677. The second-order valence-corrected chi connectivity index (χ2v) is 5.40. The van der Waals surface area contributed by atoms with Crippen molar-refractivity contribution in [3.63, 3.8) is 0 Å². The molecule has 0 atom stereocenters. The maximum Gasteiger partial charge on any atom is 0.313 e. The Morgan fingerprint density at radius 3 is 2.54 bits per heavy atom. The highest BCUT2D eigenvalue weighted by atomic mass is 16.5. The fourth-order valence-corrected chi connectivity index (χ4v) is 2.62. The number of aromatic nitrogens is 2. The minimum Gasteiger partial charge on any atom is -0.466 e. The van der Waals surface area contributed by atoms with Gasteiger partial charge in [-0.15, -0.1) is 0 Å². The first kappa shape index (κ1) is 15.9. The van der Waals surface area contributed by atoms with Crippen molar-refractivity contribution < 1.29 is 9.53 Å². The molecule has 24 heavy (non-hydrogen) atoms. The van der Waals surface area contributed by atoms with Gasteiger partial charge in [0, 0.05) is 0 Å². The van der Waals surface area contributed by atoms with Crippen molar-refractivity contribution in [2.45, 2.75) is 19.9 Å². The van der Waals surface area contributed by atoms with Crippen LogP contribution in [0.4, 0.5) is 0 Å². The van der Waals surface area contributed by atoms with Crippen molar-refractivity contribution in [2.24, 2.45) is 0 Å². The van der Waals surface area contributed by atoms with Gasteiger partial charge in [-0.2, -0.15) is 0 Å². The van der Waals surface area contributed by atoms with Gasteiger partial charge in [-0.05, 0) is 24.6 Å². The standard InChI is InChI=1S/C19H18N2O3/c1-2-24-18(22)12-17-20-16-11-7-6-10-15(16)19(23)21(17)13-14-8-4-3-5-9-14/h3-11H,2,12-13H2,1H3. The van der Waals surface area contributed by atoms with Gasteiger partial charge in [0.25, 0.3) is 5.56 Å². The summed E-state index contributed by atoms with van der Waals surface area (Å²) in [6, 6.07) is 16.8. The molecular weight excluding hydrogens is 304 g/mol. The average Bonchev–Trinajstić information content (AvgIpc) is 2.59. The van der Waals surface area contributed by atoms with E-state index in [-0.39, 0.29) is 17.9 Å². The van der Waals surface area contributed by atoms with Crippen LogP contribution in [-0.4, -0.2) is 22.1 Å². The number of carbonyl (C=O) groups is 1. The van der Waals surface area contributed by atoms with E-state index in [1.165, 1.54) is 0 Å². The van der Waals surface area contributed by atoms with Crippen LogP contribution < -0.4 is 5.56 Å². The van der Waals surface area contributed by atoms with E-state index in [1.807, 2.05) is 42.5 Å². The first-order valence-corrected chi connectivity index (χ1v) is 7.87. The highest BCUT2D eigenvalue weighted by molar-refractivity contribution is 5.78. The van der Waals surface area contributed by atoms with Crippen LogP contribution in [0.5, 0.6) is 0 Å². The molecule has 0 saturated carbocycles. The summed E-state index contributed by atoms with van der Waals surface area (Å²) in [5.41, 5.74) is 1.41. The molecule has 0 aliphatic carbocycles. The number of hydrogen-bond donors (Lipinski definition) is 0. The third kappa shape index (κ3) is 3.35. The van der Waals surface area contributed by atoms with Gasteiger partial charge in [-0.25, -0.2) is 4.98 Å². The van der Waals surface area contributed by atoms with E-state index in [0.717, 1.165) is 5.56 Å². The lowest BCUT2D eigenvalue weighted by Gasteiger charge is -2.13. The predicted octanol–water partition coefficient (Wildman–Crippen LogP) is 2.55. The Morgan fingerprint density at radius 2 is 1.79 bits per heavy atom. The molecule has 5 nitrogen and oxygen atoms in total. The second-order valence-electron chi connectivity index (χ2n) is 5.40. The molecule has 0 N–H and O–H groups in total. The predicted molar refractivity (Wildman–Crippen MR) is 91.9 cm³/mol. The fourth-order valence-electron chi connectivity index (χ4n) is 2.62. The monoisotopic (exact) mass is 322 g/mol. The van der Waals surface area contributed by atoms with Crippen LogP contribution in [0.2, 0.25) is 0 Å². The van der Waals surface area contributed by atoms with Gasteiger partial charge in [0.1, 0.15) is 12.2 Å². The zero-order chi connectivity index (χ0) is 16.9. The van der Waals surface area contributed by atoms with Gasteiger partial charge >= 0.3 is 5.97 Å². The van der Waals surface area contributed by atoms with Crippen LogP contribution >= 0.6 is 0 Å². The van der Waals surface area contributed by atoms with E-state index < -0.39 is 0 Å². The number of rotatable bonds is 5. The summed E-state index contributed by atoms with van der Waals surface area (Å²) >= 11 is 0. The summed E-state index contributed by atoms with van der Waals surface area (Å²) in [6.07, 6.45) is -0.0270. The number of hydrogen-bond acceptors (Lipinski definition) is 4. The fraction of sp³-hybridized carbons (Fsp3) is 0.211. The summed E-state index contributed by atoms with van der Waals surface area (Å²) in [6.45, 7) is 2.42. The van der Waals surface area contributed by atoms with Gasteiger partial charge in [0.15, 0.2) is 0 Å². The molecule has 0 fully saturated rings. The molecule has 0 amide bonds. The van der Waals surface area contributed by atoms with E-state index >= 15 is 0 Å². The molecule has 0 bridgehead atoms. The lowest BCUT2D eigenvalue weighted by molar-refractivity contribution is -0.142. The summed E-state index contributed by atoms with van der Waals surface area (Å²) in [4.78, 5) is 29.3. The van der Waals surface area contributed by atoms with Crippen molar-refractivity contribution in [3.05, 3.63) is 76.3 Å². The van der Waals surface area contributed by atoms with Crippen LogP contribution in [0.25, 0.3) is 10.9 Å². The summed E-state index contributed by atoms with van der Waals surface area (Å²) in [5, 5.41) is 0.543. The average molecular weight is 322 g/mol. The topological polar surface area (TPSA) is 61.2 Å². The number of carbonyl (C=O) groups excluding carboxylic acids is 1. The molecule has 1 aromatic heterocycles. The van der Waals surface area contributed by atoms with Gasteiger partial charge < -0.3 is 4.74 Å². The van der Waals surface area contributed by atoms with Crippen LogP contribution in [0.1, 0.15) is 18.3 Å². The third-order valence-electron chi connectivity index (χ3n) is 3.73. The number of fused-ring (bicyclic) bond motifs is 1. The Bertz CT molecular complexity index is 917. The SMILES string of the molecule is CCOC(=O)Cc1nc2ccccc2c(=O)n1Cc1ccccc1. The Labute approximate surface area is 139 Å². The van der Waals surface area contributed by atoms with Crippen molar-refractivity contribution in [3.8, 4) is 0 Å². The summed E-state index contributed by atoms with van der Waals surface area (Å²) < 4.78 is 6.56. The van der Waals surface area contributed by atoms with E-state index in [9.17, 15) is 9.59 Å². The van der Waals surface area contributed by atoms with E-state index in [2.05, 4.69) is 4.98 Å². The summed E-state index contributed by atoms with van der Waals surface area (Å²) in [7, 11) is 0. The molecule has 1 heterocycles. The van der Waals surface area contributed by atoms with Gasteiger partial charge in [-0.3, -0.25) is 14.2 Å². The zero-order valence-corrected chi connectivity index (χ0v) is 13.4. The smallest absolute Gasteiger partial charge is 0.313 e. The Kier molecular flexibility index (Phi) is 4.70. The molecule has 3 aromatic rings. The number of nitrogens with zero attached hydrogens (tertiary/aromatic N) is 2. The first-order chi connectivity index (χ1) is 11.7. The minimum absolute atomic E-state index is 0.0270. The molecule has 0 radical (unpaired) electrons. The molecule has 5 heteroatoms. The van der Waals surface area contributed by atoms with Crippen molar-refractivity contribution in [1.82, 2.24) is 9.55 Å². The number of ether oxygens (including phenoxy) is 1. The molecule has 0 aliphatic rings. The third-order valence-corrected chi connectivity index (χ3v) is 3.73.